The van der Waals surface area contributed by atoms with Crippen molar-refractivity contribution in [2.75, 3.05) is 26.7 Å². The van der Waals surface area contributed by atoms with Crippen LogP contribution >= 0.6 is 0 Å². The van der Waals surface area contributed by atoms with Gasteiger partial charge < -0.3 is 25.9 Å². The molecule has 0 aromatic rings. The first-order valence-corrected chi connectivity index (χ1v) is 7.62. The van der Waals surface area contributed by atoms with Crippen LogP contribution in [0.2, 0.25) is 0 Å². The van der Waals surface area contributed by atoms with Gasteiger partial charge in [0.05, 0.1) is 12.0 Å². The molecule has 2 fully saturated rings. The number of hydrogen-bond donors (Lipinski definition) is 3. The van der Waals surface area contributed by atoms with E-state index in [0.717, 1.165) is 25.9 Å². The first kappa shape index (κ1) is 16.0. The standard InChI is InChI=1S/C14H26N4O3/c1-3-11-10(4-9-21-11)12(19)16-14(13(15)17-20)5-7-18(2)8-6-14/h10-11,20H,3-9H2,1-2H3,(H2,15,17)(H,16,19). The monoisotopic (exact) mass is 298 g/mol. The van der Waals surface area contributed by atoms with Gasteiger partial charge in [-0.1, -0.05) is 12.1 Å². The van der Waals surface area contributed by atoms with E-state index in [2.05, 4.69) is 15.4 Å². The number of hydrogen-bond acceptors (Lipinski definition) is 5. The van der Waals surface area contributed by atoms with Crippen molar-refractivity contribution in [2.45, 2.75) is 44.2 Å². The summed E-state index contributed by atoms with van der Waals surface area (Å²) in [5.41, 5.74) is 5.14. The van der Waals surface area contributed by atoms with Crippen LogP contribution in [0.5, 0.6) is 0 Å². The Kier molecular flexibility index (Phi) is 5.05. The van der Waals surface area contributed by atoms with E-state index in [1.165, 1.54) is 0 Å². The van der Waals surface area contributed by atoms with Crippen LogP contribution in [0.25, 0.3) is 0 Å². The second-order valence-corrected chi connectivity index (χ2v) is 6.07. The Morgan fingerprint density at radius 3 is 2.76 bits per heavy atom. The Morgan fingerprint density at radius 1 is 1.52 bits per heavy atom. The molecule has 0 aromatic carbocycles. The average Bonchev–Trinajstić information content (AvgIpc) is 2.97. The zero-order chi connectivity index (χ0) is 15.5. The minimum atomic E-state index is -0.737. The normalized spacial score (nSPS) is 30.3. The molecule has 0 saturated carbocycles. The van der Waals surface area contributed by atoms with Crippen molar-refractivity contribution < 1.29 is 14.7 Å². The Bertz CT molecular complexity index is 405. The molecule has 0 aromatic heterocycles. The number of ether oxygens (including phenoxy) is 1. The maximum atomic E-state index is 12.6. The summed E-state index contributed by atoms with van der Waals surface area (Å²) in [4.78, 5) is 14.8. The maximum absolute atomic E-state index is 12.6. The summed E-state index contributed by atoms with van der Waals surface area (Å²) >= 11 is 0. The highest BCUT2D eigenvalue weighted by Crippen LogP contribution is 2.27. The van der Waals surface area contributed by atoms with Crippen LogP contribution in [-0.2, 0) is 9.53 Å². The molecule has 2 atom stereocenters. The summed E-state index contributed by atoms with van der Waals surface area (Å²) in [6, 6.07) is 0. The summed E-state index contributed by atoms with van der Waals surface area (Å²) in [6.45, 7) is 4.24. The van der Waals surface area contributed by atoms with E-state index in [-0.39, 0.29) is 23.8 Å². The van der Waals surface area contributed by atoms with Crippen LogP contribution in [0.3, 0.4) is 0 Å². The molecule has 0 radical (unpaired) electrons. The first-order chi connectivity index (χ1) is 10.0. The Labute approximate surface area is 125 Å². The molecule has 0 spiro atoms. The van der Waals surface area contributed by atoms with E-state index in [1.807, 2.05) is 14.0 Å². The SMILES string of the molecule is CCC1OCCC1C(=O)NC1(C(N)=NO)CCN(C)CC1. The molecule has 2 unspecified atom stereocenters. The smallest absolute Gasteiger partial charge is 0.226 e. The minimum absolute atomic E-state index is 0.0272. The number of piperidine rings is 1. The lowest BCUT2D eigenvalue weighted by molar-refractivity contribution is -0.128. The fourth-order valence-electron chi connectivity index (χ4n) is 3.22. The Balaban J connectivity index is 2.10. The number of rotatable bonds is 4. The van der Waals surface area contributed by atoms with Gasteiger partial charge in [-0.25, -0.2) is 0 Å². The number of nitrogens with two attached hydrogens (primary N) is 1. The zero-order valence-electron chi connectivity index (χ0n) is 12.8. The molecule has 21 heavy (non-hydrogen) atoms. The van der Waals surface area contributed by atoms with E-state index in [0.29, 0.717) is 19.4 Å². The lowest BCUT2D eigenvalue weighted by Gasteiger charge is -2.40. The Morgan fingerprint density at radius 2 is 2.19 bits per heavy atom. The van der Waals surface area contributed by atoms with Gasteiger partial charge >= 0.3 is 0 Å². The van der Waals surface area contributed by atoms with Gasteiger partial charge in [0.25, 0.3) is 0 Å². The molecule has 2 aliphatic heterocycles. The predicted molar refractivity (Wildman–Crippen MR) is 79.2 cm³/mol. The van der Waals surface area contributed by atoms with Crippen LogP contribution in [0, 0.1) is 5.92 Å². The summed E-state index contributed by atoms with van der Waals surface area (Å²) in [6.07, 6.45) is 2.82. The van der Waals surface area contributed by atoms with Gasteiger partial charge in [0.2, 0.25) is 5.91 Å². The first-order valence-electron chi connectivity index (χ1n) is 7.62. The third kappa shape index (κ3) is 3.29. The molecule has 0 aliphatic carbocycles. The van der Waals surface area contributed by atoms with Crippen molar-refractivity contribution in [3.05, 3.63) is 0 Å². The van der Waals surface area contributed by atoms with E-state index in [9.17, 15) is 4.79 Å². The lowest BCUT2D eigenvalue weighted by atomic mass is 9.85. The molecule has 1 amide bonds. The number of carbonyl (C=O) groups is 1. The molecule has 0 bridgehead atoms. The molecule has 2 saturated heterocycles. The van der Waals surface area contributed by atoms with Crippen molar-refractivity contribution >= 4 is 11.7 Å². The van der Waals surface area contributed by atoms with Crippen LogP contribution in [0.15, 0.2) is 5.16 Å². The average molecular weight is 298 g/mol. The molecule has 7 nitrogen and oxygen atoms in total. The third-order valence-corrected chi connectivity index (χ3v) is 4.75. The summed E-state index contributed by atoms with van der Waals surface area (Å²) in [5, 5.41) is 15.3. The topological polar surface area (TPSA) is 100 Å². The molecular weight excluding hydrogens is 272 g/mol. The van der Waals surface area contributed by atoms with Gasteiger partial charge in [-0.15, -0.1) is 0 Å². The van der Waals surface area contributed by atoms with Gasteiger partial charge in [0, 0.05) is 19.7 Å². The van der Waals surface area contributed by atoms with Crippen LogP contribution in [0.1, 0.15) is 32.6 Å². The molecule has 2 rings (SSSR count). The number of likely N-dealkylation sites (tertiary alicyclic amines) is 1. The molecule has 2 heterocycles. The van der Waals surface area contributed by atoms with E-state index >= 15 is 0 Å². The highest BCUT2D eigenvalue weighted by molar-refractivity contribution is 5.94. The van der Waals surface area contributed by atoms with Crippen LogP contribution < -0.4 is 11.1 Å². The highest BCUT2D eigenvalue weighted by atomic mass is 16.5. The van der Waals surface area contributed by atoms with Crippen molar-refractivity contribution in [3.63, 3.8) is 0 Å². The van der Waals surface area contributed by atoms with Crippen LogP contribution in [-0.4, -0.2) is 60.2 Å². The van der Waals surface area contributed by atoms with Gasteiger partial charge in [0.15, 0.2) is 5.84 Å². The largest absolute Gasteiger partial charge is 0.409 e. The van der Waals surface area contributed by atoms with Gasteiger partial charge in [-0.2, -0.15) is 0 Å². The second kappa shape index (κ2) is 6.62. The predicted octanol–water partition coefficient (Wildman–Crippen LogP) is 0.129. The van der Waals surface area contributed by atoms with E-state index in [1.54, 1.807) is 0 Å². The number of oxime groups is 1. The molecule has 120 valence electrons. The van der Waals surface area contributed by atoms with Crippen molar-refractivity contribution in [1.82, 2.24) is 10.2 Å². The minimum Gasteiger partial charge on any atom is -0.409 e. The van der Waals surface area contributed by atoms with Gasteiger partial charge in [-0.05, 0) is 32.7 Å². The number of nitrogens with one attached hydrogen (secondary N) is 1. The number of amidine groups is 1. The van der Waals surface area contributed by atoms with Crippen molar-refractivity contribution in [1.29, 1.82) is 0 Å². The van der Waals surface area contributed by atoms with E-state index in [4.69, 9.17) is 15.7 Å². The lowest BCUT2D eigenvalue weighted by Crippen LogP contribution is -2.63. The fourth-order valence-corrected chi connectivity index (χ4v) is 3.22. The van der Waals surface area contributed by atoms with Gasteiger partial charge in [-0.3, -0.25) is 4.79 Å². The molecule has 7 heteroatoms. The van der Waals surface area contributed by atoms with Gasteiger partial charge in [0.1, 0.15) is 5.54 Å². The van der Waals surface area contributed by atoms with Crippen molar-refractivity contribution in [2.24, 2.45) is 16.8 Å². The molecule has 4 N–H and O–H groups in total. The number of amides is 1. The van der Waals surface area contributed by atoms with Crippen LogP contribution in [0.4, 0.5) is 0 Å². The summed E-state index contributed by atoms with van der Waals surface area (Å²) in [5.74, 6) is -0.0931. The summed E-state index contributed by atoms with van der Waals surface area (Å²) < 4.78 is 5.58. The molecule has 2 aliphatic rings. The number of nitrogens with zero attached hydrogens (tertiary/aromatic N) is 2. The third-order valence-electron chi connectivity index (χ3n) is 4.75. The summed E-state index contributed by atoms with van der Waals surface area (Å²) in [7, 11) is 2.02. The zero-order valence-corrected chi connectivity index (χ0v) is 12.8. The number of carbonyl (C=O) groups excluding carboxylic acids is 1. The second-order valence-electron chi connectivity index (χ2n) is 6.07. The quantitative estimate of drug-likeness (QED) is 0.296. The van der Waals surface area contributed by atoms with Crippen molar-refractivity contribution in [3.8, 4) is 0 Å². The Hall–Kier alpha value is -1.34. The fraction of sp³-hybridized carbons (Fsp3) is 0.857. The highest BCUT2D eigenvalue weighted by Gasteiger charge is 2.42. The van der Waals surface area contributed by atoms with E-state index < -0.39 is 5.54 Å². The molecular formula is C14H26N4O3. The maximum Gasteiger partial charge on any atom is 0.226 e.